The van der Waals surface area contributed by atoms with Gasteiger partial charge in [0.15, 0.2) is 0 Å². The number of pyridine rings is 2. The van der Waals surface area contributed by atoms with Crippen LogP contribution in [0.5, 0.6) is 0 Å². The molecule has 0 N–H and O–H groups in total. The van der Waals surface area contributed by atoms with Gasteiger partial charge in [-0.15, -0.1) is 0 Å². The molecule has 0 amide bonds. The van der Waals surface area contributed by atoms with E-state index in [1.807, 2.05) is 12.4 Å². The van der Waals surface area contributed by atoms with Gasteiger partial charge >= 0.3 is 0 Å². The average Bonchev–Trinajstić information content (AvgIpc) is 1.51. The van der Waals surface area contributed by atoms with Crippen molar-refractivity contribution in [2.75, 3.05) is 4.90 Å². The first-order valence-corrected chi connectivity index (χ1v) is 29.8. The van der Waals surface area contributed by atoms with Crippen molar-refractivity contribution in [3.63, 3.8) is 0 Å². The van der Waals surface area contributed by atoms with Gasteiger partial charge in [-0.2, -0.15) is 5.26 Å². The minimum absolute atomic E-state index is 0.155. The Bertz CT molecular complexity index is 5440. The maximum Gasteiger partial charge on any atom is 0.104 e. The predicted molar refractivity (Wildman–Crippen MR) is 354 cm³/mol. The molecule has 2 aliphatic carbocycles. The normalized spacial score (nSPS) is 13.0. The Hall–Kier alpha value is -10.8. The lowest BCUT2D eigenvalue weighted by molar-refractivity contribution is 0.782. The third-order valence-corrected chi connectivity index (χ3v) is 18.9. The van der Waals surface area contributed by atoms with Crippen LogP contribution in [0, 0.1) is 39.0 Å². The smallest absolute Gasteiger partial charge is 0.104 e. The van der Waals surface area contributed by atoms with Crippen LogP contribution in [0.4, 0.5) is 11.4 Å². The molecule has 15 aromatic rings. The number of nitrogens with zero attached hydrogens (tertiary/aromatic N) is 7. The van der Waals surface area contributed by atoms with E-state index in [1.165, 1.54) is 16.7 Å². The molecule has 0 unspecified atom stereocenters. The maximum absolute atomic E-state index is 13.2. The number of aryl methyl sites for hydroxylation is 4. The van der Waals surface area contributed by atoms with Gasteiger partial charge in [0.1, 0.15) is 11.6 Å². The number of hydrogen-bond acceptors (Lipinski definition) is 4. The molecule has 5 aromatic heterocycles. The molecule has 7 nitrogen and oxygen atoms in total. The molecular weight excluding hydrogens is 1050 g/mol. The summed E-state index contributed by atoms with van der Waals surface area (Å²) >= 11 is 0. The van der Waals surface area contributed by atoms with Crippen LogP contribution < -0.4 is 4.90 Å². The number of benzene rings is 10. The Morgan fingerprint density at radius 2 is 0.860 bits per heavy atom. The Kier molecular flexibility index (Phi) is 10.6. The van der Waals surface area contributed by atoms with Gasteiger partial charge in [0, 0.05) is 74.4 Å². The van der Waals surface area contributed by atoms with Crippen molar-refractivity contribution in [3.05, 3.63) is 281 Å². The number of hydrogen-bond donors (Lipinski definition) is 0. The molecule has 0 radical (unpaired) electrons. The lowest BCUT2D eigenvalue weighted by Gasteiger charge is -2.37. The highest BCUT2D eigenvalue weighted by Gasteiger charge is 2.53. The zero-order chi connectivity index (χ0) is 57.9. The summed E-state index contributed by atoms with van der Waals surface area (Å²) in [5.41, 5.74) is 26.2. The van der Waals surface area contributed by atoms with Gasteiger partial charge in [-0.05, 0) is 170 Å². The van der Waals surface area contributed by atoms with Gasteiger partial charge in [-0.25, -0.2) is 0 Å². The van der Waals surface area contributed by atoms with Crippen LogP contribution in [-0.2, 0) is 5.41 Å². The largest absolute Gasteiger partial charge is 0.336 e. The molecule has 2 aliphatic rings. The second-order valence-corrected chi connectivity index (χ2v) is 24.0. The molecule has 7 heteroatoms. The lowest BCUT2D eigenvalue weighted by atomic mass is 9.71. The highest BCUT2D eigenvalue weighted by atomic mass is 15.2. The van der Waals surface area contributed by atoms with Gasteiger partial charge in [0.05, 0.1) is 61.3 Å². The summed E-state index contributed by atoms with van der Waals surface area (Å²) < 4.78 is 7.48. The van der Waals surface area contributed by atoms with E-state index in [0.717, 1.165) is 155 Å². The SMILES string of the molecule is Cc1ccc2c(c1)c1ccccc1n2-c1c(-c2cccc3c2-c2ccccc2C32c3cnccc3-c3ccncc32)c(-n2c3ccccc3c3cc(C)ccc32)c(-n2c3ccccc3c3cc(C)ccc32)c(C#N)c1N(c1ccccc1C)C(C)C. The van der Waals surface area contributed by atoms with Gasteiger partial charge in [0.25, 0.3) is 0 Å². The Balaban J connectivity index is 1.21. The maximum atomic E-state index is 13.2. The monoisotopic (exact) mass is 1100 g/mol. The number of fused-ring (bicyclic) bond motifs is 19. The van der Waals surface area contributed by atoms with E-state index >= 15 is 0 Å². The molecule has 86 heavy (non-hydrogen) atoms. The highest BCUT2D eigenvalue weighted by molar-refractivity contribution is 6.18. The third-order valence-electron chi connectivity index (χ3n) is 18.9. The number of rotatable bonds is 7. The van der Waals surface area contributed by atoms with Crippen LogP contribution in [0.3, 0.4) is 0 Å². The average molecular weight is 1100 g/mol. The van der Waals surface area contributed by atoms with Gasteiger partial charge in [-0.3, -0.25) is 9.97 Å². The second kappa shape index (κ2) is 18.3. The van der Waals surface area contributed by atoms with Gasteiger partial charge < -0.3 is 18.6 Å². The molecule has 0 saturated heterocycles. The molecule has 10 aromatic carbocycles. The van der Waals surface area contributed by atoms with Gasteiger partial charge in [0.2, 0.25) is 0 Å². The number of nitriles is 1. The van der Waals surface area contributed by atoms with Crippen LogP contribution in [0.1, 0.15) is 63.9 Å². The van der Waals surface area contributed by atoms with Gasteiger partial charge in [-0.1, -0.05) is 150 Å². The molecule has 0 bridgehead atoms. The Labute approximate surface area is 498 Å². The van der Waals surface area contributed by atoms with E-state index in [-0.39, 0.29) is 6.04 Å². The zero-order valence-corrected chi connectivity index (χ0v) is 48.6. The third kappa shape index (κ3) is 6.56. The number of anilines is 2. The first-order valence-electron chi connectivity index (χ1n) is 29.8. The Morgan fingerprint density at radius 3 is 1.40 bits per heavy atom. The molecule has 5 heterocycles. The fraction of sp³-hybridized carbons (Fsp3) is 0.101. The van der Waals surface area contributed by atoms with Crippen LogP contribution >= 0.6 is 0 Å². The van der Waals surface area contributed by atoms with Crippen molar-refractivity contribution < 1.29 is 0 Å². The molecule has 0 atom stereocenters. The first-order chi connectivity index (χ1) is 42.2. The fourth-order valence-electron chi connectivity index (χ4n) is 15.5. The van der Waals surface area contributed by atoms with Crippen molar-refractivity contribution in [2.45, 2.75) is 53.0 Å². The summed E-state index contributed by atoms with van der Waals surface area (Å²) in [6, 6.07) is 79.2. The number of para-hydroxylation sites is 4. The van der Waals surface area contributed by atoms with Crippen LogP contribution in [0.15, 0.2) is 231 Å². The molecule has 0 fully saturated rings. The van der Waals surface area contributed by atoms with E-state index in [1.54, 1.807) is 0 Å². The molecule has 0 saturated carbocycles. The lowest BCUT2D eigenvalue weighted by Crippen LogP contribution is -2.29. The van der Waals surface area contributed by atoms with Crippen molar-refractivity contribution in [2.24, 2.45) is 0 Å². The van der Waals surface area contributed by atoms with Crippen molar-refractivity contribution >= 4 is 76.8 Å². The topological polar surface area (TPSA) is 67.6 Å². The standard InChI is InChI=1S/C79H57N7/c1-46(2)83(66-26-13-7-18-50(66)6)75-61(43-80)76(84-67-27-14-9-19-53(67)58-40-47(3)30-33-70(58)84)78(86-69-29-16-11-21-55(69)60-42-49(5)32-35-72(60)86)74(77(75)85-68-28-15-10-20-54(68)59-41-48(4)31-34-71(59)85)57-23-17-25-63-73(57)56-22-8-12-24-62(56)79(63)64-44-81-38-36-51(64)52-37-39-82-45-65(52)79/h7-42,44-46H,1-6H3. The van der Waals surface area contributed by atoms with E-state index < -0.39 is 5.41 Å². The summed E-state index contributed by atoms with van der Waals surface area (Å²) in [5, 5.41) is 19.9. The predicted octanol–water partition coefficient (Wildman–Crippen LogP) is 19.4. The molecular formula is C79H57N7. The van der Waals surface area contributed by atoms with Crippen LogP contribution in [-0.4, -0.2) is 29.7 Å². The highest BCUT2D eigenvalue weighted by Crippen LogP contribution is 2.65. The zero-order valence-electron chi connectivity index (χ0n) is 48.6. The van der Waals surface area contributed by atoms with Crippen molar-refractivity contribution in [1.82, 2.24) is 23.7 Å². The van der Waals surface area contributed by atoms with E-state index in [9.17, 15) is 5.26 Å². The van der Waals surface area contributed by atoms with Crippen molar-refractivity contribution in [3.8, 4) is 56.5 Å². The minimum Gasteiger partial charge on any atom is -0.336 e. The molecule has 1 spiro atoms. The quantitative estimate of drug-likeness (QED) is 0.159. The fourth-order valence-corrected chi connectivity index (χ4v) is 15.5. The summed E-state index contributed by atoms with van der Waals surface area (Å²) in [6.45, 7) is 13.3. The first kappa shape index (κ1) is 49.8. The van der Waals surface area contributed by atoms with Crippen LogP contribution in [0.2, 0.25) is 0 Å². The summed E-state index contributed by atoms with van der Waals surface area (Å²) in [6.07, 6.45) is 8.03. The molecule has 0 aliphatic heterocycles. The van der Waals surface area contributed by atoms with Crippen molar-refractivity contribution in [1.29, 1.82) is 5.26 Å². The summed E-state index contributed by atoms with van der Waals surface area (Å²) in [7, 11) is 0. The van der Waals surface area contributed by atoms with E-state index in [0.29, 0.717) is 5.56 Å². The van der Waals surface area contributed by atoms with E-state index in [4.69, 9.17) is 9.97 Å². The minimum atomic E-state index is -0.766. The van der Waals surface area contributed by atoms with Crippen LogP contribution in [0.25, 0.3) is 116 Å². The summed E-state index contributed by atoms with van der Waals surface area (Å²) in [5.74, 6) is 0. The summed E-state index contributed by atoms with van der Waals surface area (Å²) in [4.78, 5) is 12.4. The molecule has 408 valence electrons. The van der Waals surface area contributed by atoms with E-state index in [2.05, 4.69) is 285 Å². The molecule has 17 rings (SSSR count). The Morgan fingerprint density at radius 1 is 0.407 bits per heavy atom. The second-order valence-electron chi connectivity index (χ2n) is 24.0. The number of aromatic nitrogens is 5.